The smallest absolute Gasteiger partial charge is 0.256 e. The predicted octanol–water partition coefficient (Wildman–Crippen LogP) is 2.61. The first kappa shape index (κ1) is 15.9. The molecule has 0 radical (unpaired) electrons. The summed E-state index contributed by atoms with van der Waals surface area (Å²) in [5, 5.41) is 8.24. The average Bonchev–Trinajstić information content (AvgIpc) is 2.92. The Morgan fingerprint density at radius 3 is 2.92 bits per heavy atom. The number of nitrogens with one attached hydrogen (secondary N) is 3. The molecule has 4 rings (SSSR count). The van der Waals surface area contributed by atoms with Crippen molar-refractivity contribution in [3.05, 3.63) is 50.9 Å². The lowest BCUT2D eigenvalue weighted by Gasteiger charge is -2.28. The number of fused-ring (bicyclic) bond motifs is 3. The molecule has 0 saturated carbocycles. The number of anilines is 1. The Morgan fingerprint density at radius 1 is 1.33 bits per heavy atom. The van der Waals surface area contributed by atoms with E-state index in [0.29, 0.717) is 11.1 Å². The summed E-state index contributed by atoms with van der Waals surface area (Å²) in [5.74, 6) is 0.0271. The summed E-state index contributed by atoms with van der Waals surface area (Å²) in [6.45, 7) is 6.63. The number of carbonyl (C=O) groups is 1. The fraction of sp³-hybridized carbons (Fsp3) is 0.389. The van der Waals surface area contributed by atoms with Gasteiger partial charge in [0.05, 0.1) is 23.0 Å². The highest BCUT2D eigenvalue weighted by molar-refractivity contribution is 7.16. The molecule has 2 aliphatic rings. The van der Waals surface area contributed by atoms with Gasteiger partial charge in [-0.15, -0.1) is 11.3 Å². The Balaban J connectivity index is 1.66. The SMILES string of the molecule is CC(C)[NH+]1CCc2c(sc3c2C(=O)N[C@@H](c2cccc(Cl)c2)N3)C1. The van der Waals surface area contributed by atoms with E-state index in [1.165, 1.54) is 10.4 Å². The highest BCUT2D eigenvalue weighted by Crippen LogP contribution is 2.39. The predicted molar refractivity (Wildman–Crippen MR) is 98.0 cm³/mol. The number of thiophene rings is 1. The minimum absolute atomic E-state index is 0.0271. The molecule has 3 heterocycles. The van der Waals surface area contributed by atoms with E-state index in [1.54, 1.807) is 16.2 Å². The van der Waals surface area contributed by atoms with E-state index >= 15 is 0 Å². The number of quaternary nitrogens is 1. The lowest BCUT2D eigenvalue weighted by atomic mass is 9.99. The van der Waals surface area contributed by atoms with Crippen LogP contribution in [0.1, 0.15) is 46.4 Å². The van der Waals surface area contributed by atoms with Crippen molar-refractivity contribution in [1.29, 1.82) is 0 Å². The van der Waals surface area contributed by atoms with Gasteiger partial charge in [-0.2, -0.15) is 0 Å². The second-order valence-electron chi connectivity index (χ2n) is 6.80. The Hall–Kier alpha value is -1.56. The third kappa shape index (κ3) is 2.70. The van der Waals surface area contributed by atoms with Gasteiger partial charge in [0.15, 0.2) is 0 Å². The summed E-state index contributed by atoms with van der Waals surface area (Å²) in [4.78, 5) is 15.7. The Morgan fingerprint density at radius 2 is 2.17 bits per heavy atom. The largest absolute Gasteiger partial charge is 0.353 e. The molecule has 0 bridgehead atoms. The maximum atomic E-state index is 12.7. The van der Waals surface area contributed by atoms with Gasteiger partial charge in [-0.25, -0.2) is 0 Å². The Kier molecular flexibility index (Phi) is 4.03. The number of hydrogen-bond acceptors (Lipinski definition) is 3. The molecule has 126 valence electrons. The molecule has 0 aliphatic carbocycles. The number of carbonyl (C=O) groups excluding carboxylic acids is 1. The molecule has 1 aromatic carbocycles. The fourth-order valence-corrected chi connectivity index (χ4v) is 5.08. The minimum Gasteiger partial charge on any atom is -0.353 e. The van der Waals surface area contributed by atoms with Crippen molar-refractivity contribution in [2.75, 3.05) is 11.9 Å². The summed E-state index contributed by atoms with van der Waals surface area (Å²) in [5.41, 5.74) is 3.08. The van der Waals surface area contributed by atoms with E-state index < -0.39 is 0 Å². The number of hydrogen-bond donors (Lipinski definition) is 3. The molecule has 2 aliphatic heterocycles. The molecule has 24 heavy (non-hydrogen) atoms. The number of amides is 1. The van der Waals surface area contributed by atoms with Crippen molar-refractivity contribution < 1.29 is 9.69 Å². The van der Waals surface area contributed by atoms with Crippen molar-refractivity contribution in [1.82, 2.24) is 5.32 Å². The highest BCUT2D eigenvalue weighted by Gasteiger charge is 2.35. The summed E-state index contributed by atoms with van der Waals surface area (Å²) in [6.07, 6.45) is 0.753. The van der Waals surface area contributed by atoms with E-state index in [1.807, 2.05) is 24.3 Å². The van der Waals surface area contributed by atoms with Gasteiger partial charge in [0.2, 0.25) is 0 Å². The summed E-state index contributed by atoms with van der Waals surface area (Å²) < 4.78 is 0. The van der Waals surface area contributed by atoms with Crippen LogP contribution in [0.2, 0.25) is 5.02 Å². The second kappa shape index (κ2) is 6.06. The number of halogens is 1. The maximum Gasteiger partial charge on any atom is 0.256 e. The number of benzene rings is 1. The molecule has 2 atom stereocenters. The third-order valence-electron chi connectivity index (χ3n) is 4.95. The molecule has 3 N–H and O–H groups in total. The first-order valence-corrected chi connectivity index (χ1v) is 9.54. The molecular formula is C18H21ClN3OS+. The number of rotatable bonds is 2. The van der Waals surface area contributed by atoms with Gasteiger partial charge >= 0.3 is 0 Å². The van der Waals surface area contributed by atoms with E-state index in [2.05, 4.69) is 24.5 Å². The quantitative estimate of drug-likeness (QED) is 0.769. The van der Waals surface area contributed by atoms with Crippen molar-refractivity contribution in [2.24, 2.45) is 0 Å². The monoisotopic (exact) mass is 362 g/mol. The van der Waals surface area contributed by atoms with Crippen LogP contribution in [-0.4, -0.2) is 18.5 Å². The van der Waals surface area contributed by atoms with Crippen LogP contribution in [0.5, 0.6) is 0 Å². The molecular weight excluding hydrogens is 342 g/mol. The lowest BCUT2D eigenvalue weighted by molar-refractivity contribution is -0.936. The van der Waals surface area contributed by atoms with Gasteiger partial charge < -0.3 is 15.5 Å². The van der Waals surface area contributed by atoms with Gasteiger partial charge in [-0.3, -0.25) is 4.79 Å². The van der Waals surface area contributed by atoms with E-state index in [0.717, 1.165) is 35.6 Å². The third-order valence-corrected chi connectivity index (χ3v) is 6.35. The van der Waals surface area contributed by atoms with Crippen molar-refractivity contribution >= 4 is 33.8 Å². The maximum absolute atomic E-state index is 12.7. The van der Waals surface area contributed by atoms with Gasteiger partial charge in [0.1, 0.15) is 17.7 Å². The van der Waals surface area contributed by atoms with Crippen LogP contribution in [0.15, 0.2) is 24.3 Å². The first-order chi connectivity index (χ1) is 11.5. The zero-order valence-corrected chi connectivity index (χ0v) is 15.4. The minimum atomic E-state index is -0.225. The molecule has 6 heteroatoms. The molecule has 2 aromatic rings. The van der Waals surface area contributed by atoms with Gasteiger partial charge in [0, 0.05) is 11.4 Å². The zero-order valence-electron chi connectivity index (χ0n) is 13.8. The van der Waals surface area contributed by atoms with Crippen LogP contribution in [0.3, 0.4) is 0 Å². The van der Waals surface area contributed by atoms with Gasteiger partial charge in [-0.05, 0) is 37.1 Å². The molecule has 1 amide bonds. The molecule has 1 unspecified atom stereocenters. The second-order valence-corrected chi connectivity index (χ2v) is 8.35. The summed E-state index contributed by atoms with van der Waals surface area (Å²) in [6, 6.07) is 8.23. The lowest BCUT2D eigenvalue weighted by Crippen LogP contribution is -3.14. The van der Waals surface area contributed by atoms with Crippen LogP contribution in [0.4, 0.5) is 5.00 Å². The van der Waals surface area contributed by atoms with E-state index in [4.69, 9.17) is 11.6 Å². The molecule has 1 aromatic heterocycles. The Bertz CT molecular complexity index is 802. The Labute approximate surface area is 150 Å². The van der Waals surface area contributed by atoms with Crippen molar-refractivity contribution in [3.63, 3.8) is 0 Å². The van der Waals surface area contributed by atoms with Crippen LogP contribution in [-0.2, 0) is 13.0 Å². The van der Waals surface area contributed by atoms with Crippen molar-refractivity contribution in [3.8, 4) is 0 Å². The topological polar surface area (TPSA) is 45.6 Å². The fourth-order valence-electron chi connectivity index (χ4n) is 3.56. The molecule has 4 nitrogen and oxygen atoms in total. The molecule has 0 spiro atoms. The molecule has 0 fully saturated rings. The average molecular weight is 363 g/mol. The molecule has 0 saturated heterocycles. The van der Waals surface area contributed by atoms with Gasteiger partial charge in [-0.1, -0.05) is 23.7 Å². The zero-order chi connectivity index (χ0) is 16.8. The highest BCUT2D eigenvalue weighted by atomic mass is 35.5. The van der Waals surface area contributed by atoms with E-state index in [-0.39, 0.29) is 12.1 Å². The van der Waals surface area contributed by atoms with Crippen LogP contribution < -0.4 is 15.5 Å². The van der Waals surface area contributed by atoms with E-state index in [9.17, 15) is 4.79 Å². The van der Waals surface area contributed by atoms with Crippen LogP contribution in [0.25, 0.3) is 0 Å². The summed E-state index contributed by atoms with van der Waals surface area (Å²) in [7, 11) is 0. The summed E-state index contributed by atoms with van der Waals surface area (Å²) >= 11 is 7.83. The first-order valence-electron chi connectivity index (χ1n) is 8.35. The van der Waals surface area contributed by atoms with Crippen LogP contribution >= 0.6 is 22.9 Å². The van der Waals surface area contributed by atoms with Gasteiger partial charge in [0.25, 0.3) is 5.91 Å². The standard InChI is InChI=1S/C18H20ClN3OS/c1-10(2)22-7-6-13-14(9-22)24-18-15(13)17(23)20-16(21-18)11-4-3-5-12(19)8-11/h3-5,8,10,16,21H,6-7,9H2,1-2H3,(H,20,23)/p+1/t16-/m1/s1. The van der Waals surface area contributed by atoms with Crippen molar-refractivity contribution in [2.45, 2.75) is 39.0 Å². The normalized spacial score (nSPS) is 22.6. The van der Waals surface area contributed by atoms with Crippen LogP contribution in [0, 0.1) is 0 Å².